The molecule has 5 heteroatoms. The number of aryl methyl sites for hydroxylation is 1. The molecule has 0 fully saturated rings. The van der Waals surface area contributed by atoms with Crippen molar-refractivity contribution in [2.24, 2.45) is 5.92 Å². The Labute approximate surface area is 161 Å². The van der Waals surface area contributed by atoms with Gasteiger partial charge in [-0.3, -0.25) is 4.68 Å². The van der Waals surface area contributed by atoms with Crippen LogP contribution < -0.4 is 0 Å². The molecule has 2 unspecified atom stereocenters. The van der Waals surface area contributed by atoms with Gasteiger partial charge < -0.3 is 10.0 Å². The standard InChI is InChI=1S/C22H28N4O/c1-15-7-6-8-20(12-15)21-14-25(24-23-21)13-16(2)11-18(4)26-10-9-17(3)22(27)19(26)5/h6-10,12,14,16,18,27H,3,11,13H2,1-2,4-5H3. The van der Waals surface area contributed by atoms with Gasteiger partial charge in [-0.15, -0.1) is 5.10 Å². The summed E-state index contributed by atoms with van der Waals surface area (Å²) in [5.74, 6) is 0.691. The summed E-state index contributed by atoms with van der Waals surface area (Å²) in [4.78, 5) is 2.11. The predicted octanol–water partition coefficient (Wildman–Crippen LogP) is 4.84. The molecule has 0 aliphatic carbocycles. The number of benzene rings is 1. The predicted molar refractivity (Wildman–Crippen MR) is 109 cm³/mol. The van der Waals surface area contributed by atoms with E-state index in [1.54, 1.807) is 0 Å². The number of nitrogens with zero attached hydrogens (tertiary/aromatic N) is 4. The van der Waals surface area contributed by atoms with Crippen molar-refractivity contribution in [1.29, 1.82) is 0 Å². The van der Waals surface area contributed by atoms with E-state index in [4.69, 9.17) is 0 Å². The van der Waals surface area contributed by atoms with E-state index in [-0.39, 0.29) is 11.8 Å². The monoisotopic (exact) mass is 364 g/mol. The molecule has 0 spiro atoms. The van der Waals surface area contributed by atoms with E-state index in [2.05, 4.69) is 60.8 Å². The molecule has 2 atom stereocenters. The van der Waals surface area contributed by atoms with Gasteiger partial charge in [-0.2, -0.15) is 0 Å². The molecule has 27 heavy (non-hydrogen) atoms. The molecule has 0 bridgehead atoms. The lowest BCUT2D eigenvalue weighted by atomic mass is 10.00. The third-order valence-corrected chi connectivity index (χ3v) is 5.04. The van der Waals surface area contributed by atoms with Crippen molar-refractivity contribution < 1.29 is 5.11 Å². The summed E-state index contributed by atoms with van der Waals surface area (Å²) in [6.07, 6.45) is 6.84. The fraction of sp³-hybridized carbons (Fsp3) is 0.364. The Bertz CT molecular complexity index is 893. The second-order valence-electron chi connectivity index (χ2n) is 7.57. The summed E-state index contributed by atoms with van der Waals surface area (Å²) in [5, 5.41) is 18.7. The molecule has 5 nitrogen and oxygen atoms in total. The molecule has 1 N–H and O–H groups in total. The lowest BCUT2D eigenvalue weighted by Gasteiger charge is -2.33. The molecule has 0 amide bonds. The van der Waals surface area contributed by atoms with Crippen molar-refractivity contribution in [1.82, 2.24) is 19.9 Å². The van der Waals surface area contributed by atoms with E-state index < -0.39 is 0 Å². The maximum Gasteiger partial charge on any atom is 0.141 e. The third-order valence-electron chi connectivity index (χ3n) is 5.04. The van der Waals surface area contributed by atoms with Gasteiger partial charge in [0.2, 0.25) is 0 Å². The molecule has 0 radical (unpaired) electrons. The van der Waals surface area contributed by atoms with Gasteiger partial charge in [0.05, 0.1) is 11.9 Å². The first-order chi connectivity index (χ1) is 12.8. The highest BCUT2D eigenvalue weighted by atomic mass is 16.3. The molecule has 2 aromatic rings. The number of allylic oxidation sites excluding steroid dienone is 2. The van der Waals surface area contributed by atoms with Crippen LogP contribution in [-0.4, -0.2) is 31.0 Å². The normalized spacial score (nSPS) is 16.7. The zero-order chi connectivity index (χ0) is 19.6. The SMILES string of the molecule is C=C1C=CN(C(C)CC(C)Cn2cc(-c3cccc(C)c3)nn2)C(C)=C1O. The topological polar surface area (TPSA) is 54.2 Å². The molecule has 1 aliphatic rings. The average molecular weight is 364 g/mol. The van der Waals surface area contributed by atoms with Crippen LogP contribution in [0.15, 0.2) is 66.3 Å². The van der Waals surface area contributed by atoms with Crippen molar-refractivity contribution in [3.8, 4) is 11.3 Å². The second-order valence-corrected chi connectivity index (χ2v) is 7.57. The van der Waals surface area contributed by atoms with Crippen LogP contribution in [0.3, 0.4) is 0 Å². The van der Waals surface area contributed by atoms with Gasteiger partial charge in [0.1, 0.15) is 11.5 Å². The van der Waals surface area contributed by atoms with E-state index in [9.17, 15) is 5.11 Å². The van der Waals surface area contributed by atoms with Crippen molar-refractivity contribution in [2.45, 2.75) is 46.7 Å². The number of aliphatic hydroxyl groups is 1. The van der Waals surface area contributed by atoms with Gasteiger partial charge in [-0.1, -0.05) is 42.5 Å². The van der Waals surface area contributed by atoms with E-state index in [0.717, 1.165) is 29.9 Å². The Hall–Kier alpha value is -2.82. The summed E-state index contributed by atoms with van der Waals surface area (Å²) in [7, 11) is 0. The number of hydrogen-bond donors (Lipinski definition) is 1. The fourth-order valence-electron chi connectivity index (χ4n) is 3.61. The molecule has 2 heterocycles. The summed E-state index contributed by atoms with van der Waals surface area (Å²) in [6.45, 7) is 13.1. The first-order valence-corrected chi connectivity index (χ1v) is 9.38. The molecule has 1 aliphatic heterocycles. The molecule has 3 rings (SSSR count). The van der Waals surface area contributed by atoms with Crippen LogP contribution in [0, 0.1) is 12.8 Å². The van der Waals surface area contributed by atoms with E-state index in [1.807, 2.05) is 36.1 Å². The van der Waals surface area contributed by atoms with E-state index in [1.165, 1.54) is 5.56 Å². The minimum absolute atomic E-state index is 0.270. The van der Waals surface area contributed by atoms with Gasteiger partial charge in [0, 0.05) is 29.9 Å². The lowest BCUT2D eigenvalue weighted by molar-refractivity contribution is 0.265. The summed E-state index contributed by atoms with van der Waals surface area (Å²) < 4.78 is 1.92. The van der Waals surface area contributed by atoms with E-state index in [0.29, 0.717) is 11.5 Å². The highest BCUT2D eigenvalue weighted by Crippen LogP contribution is 2.26. The van der Waals surface area contributed by atoms with Crippen LogP contribution >= 0.6 is 0 Å². The molecular weight excluding hydrogens is 336 g/mol. The molecular formula is C22H28N4O. The molecule has 142 valence electrons. The minimum atomic E-state index is 0.270. The number of hydrogen-bond acceptors (Lipinski definition) is 4. The zero-order valence-electron chi connectivity index (χ0n) is 16.6. The van der Waals surface area contributed by atoms with Crippen molar-refractivity contribution in [3.63, 3.8) is 0 Å². The van der Waals surface area contributed by atoms with Crippen LogP contribution in [0.5, 0.6) is 0 Å². The number of aromatic nitrogens is 3. The Kier molecular flexibility index (Phi) is 5.49. The molecule has 0 saturated carbocycles. The highest BCUT2D eigenvalue weighted by Gasteiger charge is 2.21. The fourth-order valence-corrected chi connectivity index (χ4v) is 3.61. The van der Waals surface area contributed by atoms with Gasteiger partial charge >= 0.3 is 0 Å². The Morgan fingerprint density at radius 2 is 2.00 bits per heavy atom. The summed E-state index contributed by atoms with van der Waals surface area (Å²) in [6, 6.07) is 8.57. The average Bonchev–Trinajstić information content (AvgIpc) is 3.08. The van der Waals surface area contributed by atoms with Crippen molar-refractivity contribution in [2.75, 3.05) is 0 Å². The van der Waals surface area contributed by atoms with Crippen LogP contribution in [0.25, 0.3) is 11.3 Å². The largest absolute Gasteiger partial charge is 0.506 e. The molecule has 1 aromatic heterocycles. The maximum atomic E-state index is 10.1. The van der Waals surface area contributed by atoms with Crippen LogP contribution in [0.1, 0.15) is 32.8 Å². The highest BCUT2D eigenvalue weighted by molar-refractivity contribution is 5.58. The van der Waals surface area contributed by atoms with Gasteiger partial charge in [0.25, 0.3) is 0 Å². The van der Waals surface area contributed by atoms with E-state index >= 15 is 0 Å². The van der Waals surface area contributed by atoms with Crippen LogP contribution in [-0.2, 0) is 6.54 Å². The smallest absolute Gasteiger partial charge is 0.141 e. The van der Waals surface area contributed by atoms with Crippen molar-refractivity contribution >= 4 is 0 Å². The quantitative estimate of drug-likeness (QED) is 0.796. The van der Waals surface area contributed by atoms with Crippen molar-refractivity contribution in [3.05, 3.63) is 71.9 Å². The lowest BCUT2D eigenvalue weighted by Crippen LogP contribution is -2.31. The van der Waals surface area contributed by atoms with Gasteiger partial charge in [0.15, 0.2) is 0 Å². The summed E-state index contributed by atoms with van der Waals surface area (Å²) in [5.41, 5.74) is 4.73. The Morgan fingerprint density at radius 3 is 2.74 bits per heavy atom. The number of aliphatic hydroxyl groups excluding tert-OH is 1. The first kappa shape index (κ1) is 19.0. The minimum Gasteiger partial charge on any atom is -0.506 e. The zero-order valence-corrected chi connectivity index (χ0v) is 16.6. The molecule has 1 aromatic carbocycles. The van der Waals surface area contributed by atoms with Gasteiger partial charge in [-0.25, -0.2) is 0 Å². The Morgan fingerprint density at radius 1 is 1.22 bits per heavy atom. The van der Waals surface area contributed by atoms with Crippen LogP contribution in [0.2, 0.25) is 0 Å². The Balaban J connectivity index is 1.62. The van der Waals surface area contributed by atoms with Crippen LogP contribution in [0.4, 0.5) is 0 Å². The molecule has 0 saturated heterocycles. The first-order valence-electron chi connectivity index (χ1n) is 9.38. The third kappa shape index (κ3) is 4.30. The second kappa shape index (κ2) is 7.82. The van der Waals surface area contributed by atoms with Gasteiger partial charge in [-0.05, 0) is 45.3 Å². The maximum absolute atomic E-state index is 10.1. The summed E-state index contributed by atoms with van der Waals surface area (Å²) >= 11 is 0. The number of rotatable bonds is 6.